The molecule has 0 radical (unpaired) electrons. The van der Waals surface area contributed by atoms with Crippen LogP contribution >= 0.6 is 0 Å². The second-order valence-corrected chi connectivity index (χ2v) is 9.99. The number of benzene rings is 2. The summed E-state index contributed by atoms with van der Waals surface area (Å²) in [5, 5.41) is 8.53. The van der Waals surface area contributed by atoms with Crippen molar-refractivity contribution >= 4 is 26.7 Å². The monoisotopic (exact) mass is 436 g/mol. The molecule has 1 saturated heterocycles. The van der Waals surface area contributed by atoms with Crippen LogP contribution in [0.4, 0.5) is 5.82 Å². The maximum absolute atomic E-state index is 13.5. The first kappa shape index (κ1) is 21.2. The lowest BCUT2D eigenvalue weighted by Gasteiger charge is -2.37. The number of aryl methyl sites for hydroxylation is 1. The number of hydrogen-bond acceptors (Lipinski definition) is 7. The Bertz CT molecular complexity index is 1260. The Labute approximate surface area is 182 Å². The molecule has 2 heterocycles. The first-order chi connectivity index (χ1) is 14.8. The summed E-state index contributed by atoms with van der Waals surface area (Å²) in [5.74, 6) is 0.420. The number of nitrogens with zero attached hydrogens (tertiary/aromatic N) is 4. The smallest absolute Gasteiger partial charge is 0.200 e. The zero-order valence-electron chi connectivity index (χ0n) is 17.7. The van der Waals surface area contributed by atoms with E-state index in [0.29, 0.717) is 29.9 Å². The van der Waals surface area contributed by atoms with Gasteiger partial charge in [-0.15, -0.1) is 0 Å². The van der Waals surface area contributed by atoms with Crippen LogP contribution in [-0.4, -0.2) is 43.7 Å². The molecule has 3 atom stereocenters. The molecule has 1 aliphatic heterocycles. The molecule has 2 aromatic carbocycles. The number of rotatable bonds is 4. The van der Waals surface area contributed by atoms with Crippen molar-refractivity contribution in [1.82, 2.24) is 9.97 Å². The molecule has 31 heavy (non-hydrogen) atoms. The van der Waals surface area contributed by atoms with Gasteiger partial charge < -0.3 is 9.64 Å². The summed E-state index contributed by atoms with van der Waals surface area (Å²) in [7, 11) is -4.01. The minimum absolute atomic E-state index is 0.0567. The average molecular weight is 437 g/mol. The van der Waals surface area contributed by atoms with Crippen LogP contribution in [0.25, 0.3) is 11.0 Å². The highest BCUT2D eigenvalue weighted by molar-refractivity contribution is 7.92. The summed E-state index contributed by atoms with van der Waals surface area (Å²) in [4.78, 5) is 11.5. The number of anilines is 1. The Morgan fingerprint density at radius 3 is 2.32 bits per heavy atom. The normalized spacial score (nSPS) is 20.4. The molecule has 1 aromatic heterocycles. The fraction of sp³-hybridized carbons (Fsp3) is 0.348. The van der Waals surface area contributed by atoms with Gasteiger partial charge in [0, 0.05) is 13.1 Å². The number of sulfone groups is 1. The Morgan fingerprint density at radius 2 is 1.71 bits per heavy atom. The van der Waals surface area contributed by atoms with Gasteiger partial charge in [-0.25, -0.2) is 18.4 Å². The number of fused-ring (bicyclic) bond motifs is 1. The van der Waals surface area contributed by atoms with Gasteiger partial charge in [0.2, 0.25) is 9.84 Å². The summed E-state index contributed by atoms with van der Waals surface area (Å²) in [5.41, 5.74) is 2.16. The Kier molecular flexibility index (Phi) is 5.65. The largest absolute Gasteiger partial charge is 0.372 e. The van der Waals surface area contributed by atoms with Crippen molar-refractivity contribution in [2.24, 2.45) is 0 Å². The van der Waals surface area contributed by atoms with Crippen molar-refractivity contribution in [3.8, 4) is 6.07 Å². The van der Waals surface area contributed by atoms with Gasteiger partial charge in [0.25, 0.3) is 0 Å². The van der Waals surface area contributed by atoms with Gasteiger partial charge >= 0.3 is 0 Å². The van der Waals surface area contributed by atoms with Gasteiger partial charge in [0.05, 0.1) is 34.2 Å². The second-order valence-electron chi connectivity index (χ2n) is 7.95. The number of nitriles is 1. The zero-order chi connectivity index (χ0) is 22.2. The minimum Gasteiger partial charge on any atom is -0.372 e. The molecule has 160 valence electrons. The molecule has 0 unspecified atom stereocenters. The zero-order valence-corrected chi connectivity index (χ0v) is 18.5. The summed E-state index contributed by atoms with van der Waals surface area (Å²) >= 11 is 0. The highest BCUT2D eigenvalue weighted by Crippen LogP contribution is 2.35. The van der Waals surface area contributed by atoms with Crippen LogP contribution in [0, 0.1) is 18.3 Å². The fourth-order valence-electron chi connectivity index (χ4n) is 3.97. The van der Waals surface area contributed by atoms with Gasteiger partial charge in [-0.2, -0.15) is 5.26 Å². The van der Waals surface area contributed by atoms with E-state index in [1.165, 1.54) is 6.07 Å². The molecule has 0 bridgehead atoms. The quantitative estimate of drug-likeness (QED) is 0.616. The third-order valence-corrected chi connectivity index (χ3v) is 7.15. The van der Waals surface area contributed by atoms with Crippen LogP contribution in [0.1, 0.15) is 30.4 Å². The second kappa shape index (κ2) is 8.25. The van der Waals surface area contributed by atoms with Crippen LogP contribution in [0.15, 0.2) is 53.4 Å². The van der Waals surface area contributed by atoms with Crippen LogP contribution in [0.5, 0.6) is 0 Å². The number of morpholine rings is 1. The Morgan fingerprint density at radius 1 is 1.06 bits per heavy atom. The van der Waals surface area contributed by atoms with Crippen LogP contribution in [0.2, 0.25) is 0 Å². The maximum atomic E-state index is 13.5. The SMILES string of the molecule is Cc1cccc(S(=O)(=O)[C@H](C#N)c2nc3ccccc3nc2N2C[C@H](C)O[C@@H](C)C2)c1. The van der Waals surface area contributed by atoms with Crippen LogP contribution in [-0.2, 0) is 14.6 Å². The molecule has 3 aromatic rings. The fourth-order valence-corrected chi connectivity index (χ4v) is 5.45. The van der Waals surface area contributed by atoms with Crippen molar-refractivity contribution in [3.63, 3.8) is 0 Å². The van der Waals surface area contributed by atoms with E-state index < -0.39 is 15.1 Å². The molecular formula is C23H24N4O3S. The van der Waals surface area contributed by atoms with Crippen LogP contribution in [0.3, 0.4) is 0 Å². The molecule has 0 N–H and O–H groups in total. The predicted octanol–water partition coefficient (Wildman–Crippen LogP) is 3.59. The van der Waals surface area contributed by atoms with E-state index in [1.807, 2.05) is 56.0 Å². The molecule has 0 spiro atoms. The van der Waals surface area contributed by atoms with E-state index >= 15 is 0 Å². The highest BCUT2D eigenvalue weighted by Gasteiger charge is 2.36. The lowest BCUT2D eigenvalue weighted by Crippen LogP contribution is -2.46. The van der Waals surface area contributed by atoms with Gasteiger partial charge in [0.15, 0.2) is 11.1 Å². The molecule has 1 fully saturated rings. The van der Waals surface area contributed by atoms with E-state index in [0.717, 1.165) is 5.56 Å². The molecule has 8 heteroatoms. The predicted molar refractivity (Wildman–Crippen MR) is 118 cm³/mol. The van der Waals surface area contributed by atoms with Gasteiger partial charge in [-0.3, -0.25) is 0 Å². The number of hydrogen-bond donors (Lipinski definition) is 0. The topological polar surface area (TPSA) is 96.2 Å². The van der Waals surface area contributed by atoms with E-state index in [-0.39, 0.29) is 22.8 Å². The molecule has 0 amide bonds. The first-order valence-electron chi connectivity index (χ1n) is 10.2. The molecule has 4 rings (SSSR count). The van der Waals surface area contributed by atoms with Gasteiger partial charge in [-0.05, 0) is 50.6 Å². The summed E-state index contributed by atoms with van der Waals surface area (Å²) < 4.78 is 32.8. The maximum Gasteiger partial charge on any atom is 0.200 e. The van der Waals surface area contributed by atoms with Crippen molar-refractivity contribution in [1.29, 1.82) is 5.26 Å². The minimum atomic E-state index is -4.01. The summed E-state index contributed by atoms with van der Waals surface area (Å²) in [6.45, 7) is 6.81. The van der Waals surface area contributed by atoms with E-state index in [1.54, 1.807) is 18.2 Å². The molecule has 7 nitrogen and oxygen atoms in total. The molecular weight excluding hydrogens is 412 g/mol. The standard InChI is InChI=1S/C23H24N4O3S/c1-15-7-6-8-18(11-15)31(28,29)21(12-24)22-23(27-13-16(2)30-17(3)14-27)26-20-10-5-4-9-19(20)25-22/h4-11,16-17,21H,13-14H2,1-3H3/t16-,17-,21+/m0/s1. The summed E-state index contributed by atoms with van der Waals surface area (Å²) in [6.07, 6.45) is -0.113. The van der Waals surface area contributed by atoms with Crippen molar-refractivity contribution in [2.75, 3.05) is 18.0 Å². The van der Waals surface area contributed by atoms with E-state index in [2.05, 4.69) is 4.98 Å². The number of para-hydroxylation sites is 2. The van der Waals surface area contributed by atoms with Crippen molar-refractivity contribution in [2.45, 2.75) is 43.1 Å². The summed E-state index contributed by atoms with van der Waals surface area (Å²) in [6, 6.07) is 15.9. The van der Waals surface area contributed by atoms with E-state index in [4.69, 9.17) is 9.72 Å². The van der Waals surface area contributed by atoms with Crippen LogP contribution < -0.4 is 4.90 Å². The lowest BCUT2D eigenvalue weighted by atomic mass is 10.2. The molecule has 0 saturated carbocycles. The number of aromatic nitrogens is 2. The Hall–Kier alpha value is -3.02. The van der Waals surface area contributed by atoms with Gasteiger partial charge in [0.1, 0.15) is 5.69 Å². The highest BCUT2D eigenvalue weighted by atomic mass is 32.2. The molecule has 0 aliphatic carbocycles. The van der Waals surface area contributed by atoms with Crippen molar-refractivity contribution < 1.29 is 13.2 Å². The number of ether oxygens (including phenoxy) is 1. The van der Waals surface area contributed by atoms with Gasteiger partial charge in [-0.1, -0.05) is 24.3 Å². The third kappa shape index (κ3) is 4.11. The van der Waals surface area contributed by atoms with E-state index in [9.17, 15) is 13.7 Å². The lowest BCUT2D eigenvalue weighted by molar-refractivity contribution is -0.00550. The third-order valence-electron chi connectivity index (χ3n) is 5.29. The average Bonchev–Trinajstić information content (AvgIpc) is 2.73. The first-order valence-corrected chi connectivity index (χ1v) is 11.7. The van der Waals surface area contributed by atoms with Crippen molar-refractivity contribution in [3.05, 3.63) is 59.8 Å². The molecule has 1 aliphatic rings. The Balaban J connectivity index is 1.91.